The molecule has 5 nitrogen and oxygen atoms in total. The van der Waals surface area contributed by atoms with E-state index in [4.69, 9.17) is 0 Å². The maximum Gasteiger partial charge on any atom is 0.307 e. The van der Waals surface area contributed by atoms with Crippen LogP contribution in [0, 0.1) is 12.7 Å². The molecule has 2 aromatic rings. The second kappa shape index (κ2) is 7.06. The van der Waals surface area contributed by atoms with E-state index < -0.39 is 5.60 Å². The van der Waals surface area contributed by atoms with Crippen LogP contribution in [-0.2, 0) is 16.9 Å². The number of carbonyl (C=O) groups is 1. The van der Waals surface area contributed by atoms with E-state index in [0.717, 1.165) is 17.0 Å². The van der Waals surface area contributed by atoms with Gasteiger partial charge in [0.15, 0.2) is 0 Å². The minimum Gasteiger partial charge on any atom is -0.384 e. The standard InChI is InChI=1S/C16H19FN2O3S/c1-11-9-23-15(21)19(11)8-7-14(20)18-10-16(2,22)12-3-5-13(17)6-4-12/h3-6,9,22H,7-8,10H2,1-2H3,(H,18,20). The molecule has 1 unspecified atom stereocenters. The predicted octanol–water partition coefficient (Wildman–Crippen LogP) is 1.77. The van der Waals surface area contributed by atoms with E-state index in [2.05, 4.69) is 5.32 Å². The van der Waals surface area contributed by atoms with Crippen molar-refractivity contribution in [3.05, 3.63) is 56.4 Å². The van der Waals surface area contributed by atoms with Gasteiger partial charge in [-0.05, 0) is 31.5 Å². The number of benzene rings is 1. The fraction of sp³-hybridized carbons (Fsp3) is 0.375. The number of rotatable bonds is 6. The fourth-order valence-electron chi connectivity index (χ4n) is 2.16. The van der Waals surface area contributed by atoms with Crippen LogP contribution in [0.2, 0.25) is 0 Å². The van der Waals surface area contributed by atoms with Gasteiger partial charge in [-0.1, -0.05) is 23.5 Å². The Morgan fingerprint density at radius 1 is 1.39 bits per heavy atom. The van der Waals surface area contributed by atoms with Gasteiger partial charge in [0.05, 0.1) is 6.54 Å². The van der Waals surface area contributed by atoms with Crippen LogP contribution >= 0.6 is 11.3 Å². The van der Waals surface area contributed by atoms with Gasteiger partial charge in [0.2, 0.25) is 5.91 Å². The van der Waals surface area contributed by atoms with E-state index in [1.165, 1.54) is 24.3 Å². The van der Waals surface area contributed by atoms with Gasteiger partial charge in [0, 0.05) is 24.0 Å². The summed E-state index contributed by atoms with van der Waals surface area (Å²) in [6.45, 7) is 3.68. The zero-order chi connectivity index (χ0) is 17.0. The number of carbonyl (C=O) groups excluding carboxylic acids is 1. The van der Waals surface area contributed by atoms with Crippen LogP contribution in [0.25, 0.3) is 0 Å². The van der Waals surface area contributed by atoms with Crippen molar-refractivity contribution in [2.45, 2.75) is 32.4 Å². The second-order valence-corrected chi connectivity index (χ2v) is 6.42. The average Bonchev–Trinajstić information content (AvgIpc) is 2.82. The van der Waals surface area contributed by atoms with Crippen LogP contribution in [0.4, 0.5) is 4.39 Å². The Morgan fingerprint density at radius 2 is 2.04 bits per heavy atom. The molecule has 1 aromatic carbocycles. The summed E-state index contributed by atoms with van der Waals surface area (Å²) in [7, 11) is 0. The zero-order valence-corrected chi connectivity index (χ0v) is 13.8. The molecule has 0 bridgehead atoms. The molecule has 1 aromatic heterocycles. The molecule has 0 saturated carbocycles. The maximum absolute atomic E-state index is 12.9. The molecule has 7 heteroatoms. The molecule has 124 valence electrons. The third-order valence-corrected chi connectivity index (χ3v) is 4.52. The molecular formula is C16H19FN2O3S. The van der Waals surface area contributed by atoms with Gasteiger partial charge in [-0.15, -0.1) is 0 Å². The molecule has 0 fully saturated rings. The van der Waals surface area contributed by atoms with Crippen LogP contribution in [0.1, 0.15) is 24.6 Å². The molecular weight excluding hydrogens is 319 g/mol. The lowest BCUT2D eigenvalue weighted by Gasteiger charge is -2.24. The Bertz CT molecular complexity index is 735. The average molecular weight is 338 g/mol. The van der Waals surface area contributed by atoms with Gasteiger partial charge in [0.25, 0.3) is 0 Å². The number of nitrogens with one attached hydrogen (secondary N) is 1. The number of hydrogen-bond donors (Lipinski definition) is 2. The summed E-state index contributed by atoms with van der Waals surface area (Å²) in [5.74, 6) is -0.643. The summed E-state index contributed by atoms with van der Waals surface area (Å²) in [5, 5.41) is 14.8. The van der Waals surface area contributed by atoms with Crippen molar-refractivity contribution in [3.63, 3.8) is 0 Å². The van der Waals surface area contributed by atoms with E-state index in [1.807, 2.05) is 6.92 Å². The molecule has 1 atom stereocenters. The van der Waals surface area contributed by atoms with Crippen molar-refractivity contribution in [3.8, 4) is 0 Å². The van der Waals surface area contributed by atoms with Gasteiger partial charge in [-0.3, -0.25) is 9.59 Å². The van der Waals surface area contributed by atoms with Gasteiger partial charge >= 0.3 is 4.87 Å². The number of amides is 1. The molecule has 2 N–H and O–H groups in total. The summed E-state index contributed by atoms with van der Waals surface area (Å²) in [4.78, 5) is 23.4. The molecule has 0 radical (unpaired) electrons. The number of halogens is 1. The highest BCUT2D eigenvalue weighted by atomic mass is 32.1. The SMILES string of the molecule is Cc1csc(=O)n1CCC(=O)NCC(C)(O)c1ccc(F)cc1. The van der Waals surface area contributed by atoms with Crippen LogP contribution in [0.15, 0.2) is 34.4 Å². The first kappa shape index (κ1) is 17.4. The summed E-state index contributed by atoms with van der Waals surface area (Å²) >= 11 is 1.10. The topological polar surface area (TPSA) is 71.3 Å². The first-order chi connectivity index (χ1) is 10.8. The number of aromatic nitrogens is 1. The highest BCUT2D eigenvalue weighted by Crippen LogP contribution is 2.19. The van der Waals surface area contributed by atoms with Gasteiger partial charge < -0.3 is 15.0 Å². The van der Waals surface area contributed by atoms with Gasteiger partial charge in [-0.2, -0.15) is 0 Å². The van der Waals surface area contributed by atoms with Crippen LogP contribution in [0.3, 0.4) is 0 Å². The van der Waals surface area contributed by atoms with Crippen molar-refractivity contribution in [1.29, 1.82) is 0 Å². The lowest BCUT2D eigenvalue weighted by Crippen LogP contribution is -2.39. The van der Waals surface area contributed by atoms with Crippen LogP contribution in [0.5, 0.6) is 0 Å². The highest BCUT2D eigenvalue weighted by Gasteiger charge is 2.23. The Morgan fingerprint density at radius 3 is 2.61 bits per heavy atom. The Hall–Kier alpha value is -1.99. The van der Waals surface area contributed by atoms with Gasteiger partial charge in [-0.25, -0.2) is 4.39 Å². The monoisotopic (exact) mass is 338 g/mol. The van der Waals surface area contributed by atoms with E-state index in [1.54, 1.807) is 16.9 Å². The summed E-state index contributed by atoms with van der Waals surface area (Å²) in [6, 6.07) is 5.49. The Labute approximate surface area is 137 Å². The normalized spacial score (nSPS) is 13.6. The van der Waals surface area contributed by atoms with E-state index in [-0.39, 0.29) is 29.6 Å². The van der Waals surface area contributed by atoms with Crippen molar-refractivity contribution >= 4 is 17.2 Å². The molecule has 1 heterocycles. The minimum absolute atomic E-state index is 0.00891. The molecule has 1 amide bonds. The fourth-order valence-corrected chi connectivity index (χ4v) is 2.92. The molecule has 0 saturated heterocycles. The van der Waals surface area contributed by atoms with Gasteiger partial charge in [0.1, 0.15) is 11.4 Å². The third-order valence-electron chi connectivity index (χ3n) is 3.63. The molecule has 0 aliphatic heterocycles. The smallest absolute Gasteiger partial charge is 0.307 e. The van der Waals surface area contributed by atoms with E-state index in [9.17, 15) is 19.1 Å². The Balaban J connectivity index is 1.88. The van der Waals surface area contributed by atoms with Crippen molar-refractivity contribution in [1.82, 2.24) is 9.88 Å². The van der Waals surface area contributed by atoms with Crippen LogP contribution < -0.4 is 10.2 Å². The second-order valence-electron chi connectivity index (χ2n) is 5.60. The molecule has 2 rings (SSSR count). The Kier molecular flexibility index (Phi) is 5.33. The maximum atomic E-state index is 12.9. The summed E-state index contributed by atoms with van der Waals surface area (Å²) < 4.78 is 14.5. The largest absolute Gasteiger partial charge is 0.384 e. The number of hydrogen-bond acceptors (Lipinski definition) is 4. The predicted molar refractivity (Wildman–Crippen MR) is 86.9 cm³/mol. The molecule has 0 spiro atoms. The number of aryl methyl sites for hydroxylation is 1. The van der Waals surface area contributed by atoms with Crippen molar-refractivity contribution in [2.24, 2.45) is 0 Å². The summed E-state index contributed by atoms with van der Waals surface area (Å²) in [6.07, 6.45) is 0.150. The number of thiazole rings is 1. The zero-order valence-electron chi connectivity index (χ0n) is 13.0. The molecule has 0 aliphatic carbocycles. The third kappa shape index (κ3) is 4.49. The van der Waals surface area contributed by atoms with Crippen molar-refractivity contribution in [2.75, 3.05) is 6.54 Å². The quantitative estimate of drug-likeness (QED) is 0.843. The first-order valence-electron chi connectivity index (χ1n) is 7.19. The first-order valence-corrected chi connectivity index (χ1v) is 8.07. The van der Waals surface area contributed by atoms with E-state index >= 15 is 0 Å². The van der Waals surface area contributed by atoms with Crippen LogP contribution in [-0.4, -0.2) is 22.1 Å². The number of aliphatic hydroxyl groups is 1. The van der Waals surface area contributed by atoms with E-state index in [0.29, 0.717) is 12.1 Å². The summed E-state index contributed by atoms with van der Waals surface area (Å²) in [5.41, 5.74) is 0.0496. The van der Waals surface area contributed by atoms with Crippen molar-refractivity contribution < 1.29 is 14.3 Å². The lowest BCUT2D eigenvalue weighted by molar-refractivity contribution is -0.122. The molecule has 23 heavy (non-hydrogen) atoms. The molecule has 0 aliphatic rings. The highest BCUT2D eigenvalue weighted by molar-refractivity contribution is 7.07. The lowest BCUT2D eigenvalue weighted by atomic mass is 9.96. The minimum atomic E-state index is -1.29. The number of nitrogens with zero attached hydrogens (tertiary/aromatic N) is 1.